The summed E-state index contributed by atoms with van der Waals surface area (Å²) in [5, 5.41) is 12.0. The molecule has 10 heteroatoms. The summed E-state index contributed by atoms with van der Waals surface area (Å²) in [4.78, 5) is 25.2. The second kappa shape index (κ2) is 7.22. The van der Waals surface area contributed by atoms with Crippen LogP contribution in [0.15, 0.2) is 17.1 Å². The summed E-state index contributed by atoms with van der Waals surface area (Å²) in [6.45, 7) is 0.285. The van der Waals surface area contributed by atoms with Gasteiger partial charge < -0.3 is 19.9 Å². The van der Waals surface area contributed by atoms with Gasteiger partial charge in [-0.15, -0.1) is 0 Å². The molecule has 1 aromatic carbocycles. The predicted molar refractivity (Wildman–Crippen MR) is 105 cm³/mol. The van der Waals surface area contributed by atoms with E-state index in [0.717, 1.165) is 29.7 Å². The van der Waals surface area contributed by atoms with Crippen LogP contribution in [0.5, 0.6) is 0 Å². The van der Waals surface area contributed by atoms with Crippen molar-refractivity contribution >= 4 is 22.6 Å². The van der Waals surface area contributed by atoms with Crippen molar-refractivity contribution in [3.63, 3.8) is 0 Å². The average molecular weight is 439 g/mol. The first-order valence-electron chi connectivity index (χ1n) is 10.3. The smallest absolute Gasteiger partial charge is 0.341 e. The van der Waals surface area contributed by atoms with Gasteiger partial charge >= 0.3 is 5.97 Å². The maximum Gasteiger partial charge on any atom is 0.341 e. The van der Waals surface area contributed by atoms with Crippen LogP contribution in [0.4, 0.5) is 23.2 Å². The molecular formula is C21H21F4N3O3. The fraction of sp³-hybridized carbons (Fsp3) is 0.524. The average Bonchev–Trinajstić information content (AvgIpc) is 3.62. The molecule has 0 unspecified atom stereocenters. The van der Waals surface area contributed by atoms with Crippen LogP contribution < -0.4 is 15.6 Å². The third-order valence-electron chi connectivity index (χ3n) is 6.38. The largest absolute Gasteiger partial charge is 0.477 e. The molecule has 2 aliphatic carbocycles. The molecule has 31 heavy (non-hydrogen) atoms. The van der Waals surface area contributed by atoms with Crippen LogP contribution in [0.25, 0.3) is 10.9 Å². The maximum atomic E-state index is 15.6. The molecule has 2 aromatic rings. The number of hydrogen-bond donors (Lipinski definition) is 2. The van der Waals surface area contributed by atoms with E-state index in [4.69, 9.17) is 0 Å². The highest BCUT2D eigenvalue weighted by atomic mass is 19.1. The molecular weight excluding hydrogens is 418 g/mol. The van der Waals surface area contributed by atoms with E-state index in [2.05, 4.69) is 5.32 Å². The van der Waals surface area contributed by atoms with Gasteiger partial charge in [0, 0.05) is 44.2 Å². The standard InChI is InChI=1S/C21H21F4N3O3/c22-13-4-16(13)28-7-12(21(30)31)20(29)11-3-14(23)19(17(25)18(11)28)27-6-9(15(24)8-27)5-26-10-1-2-10/h3,7,9-10,13,15-16,26H,1-2,4-6,8H2,(H,30,31)/t9-,13-,15+,16+/m0/s1. The number of halogens is 4. The van der Waals surface area contributed by atoms with Crippen LogP contribution in [-0.2, 0) is 0 Å². The minimum atomic E-state index is -1.56. The Labute approximate surface area is 174 Å². The van der Waals surface area contributed by atoms with E-state index in [-0.39, 0.29) is 25.0 Å². The number of nitrogens with one attached hydrogen (secondary N) is 1. The Hall–Kier alpha value is -2.62. The summed E-state index contributed by atoms with van der Waals surface area (Å²) in [6, 6.07) is 0.315. The maximum absolute atomic E-state index is 15.6. The first kappa shape index (κ1) is 20.3. The first-order valence-corrected chi connectivity index (χ1v) is 10.3. The van der Waals surface area contributed by atoms with Crippen LogP contribution in [0.1, 0.15) is 35.7 Å². The number of nitrogens with zero attached hydrogens (tertiary/aromatic N) is 2. The number of pyridine rings is 1. The van der Waals surface area contributed by atoms with Gasteiger partial charge in [-0.3, -0.25) is 4.79 Å². The van der Waals surface area contributed by atoms with Gasteiger partial charge in [0.05, 0.1) is 16.9 Å². The van der Waals surface area contributed by atoms with E-state index in [1.165, 1.54) is 4.90 Å². The highest BCUT2D eigenvalue weighted by Gasteiger charge is 2.42. The van der Waals surface area contributed by atoms with Gasteiger partial charge in [0.15, 0.2) is 5.82 Å². The molecule has 1 aromatic heterocycles. The number of aromatic carboxylic acids is 1. The molecule has 5 rings (SSSR count). The summed E-state index contributed by atoms with van der Waals surface area (Å²) < 4.78 is 60.0. The Kier molecular flexibility index (Phi) is 4.72. The number of alkyl halides is 2. The van der Waals surface area contributed by atoms with Crippen LogP contribution in [0, 0.1) is 17.6 Å². The fourth-order valence-electron chi connectivity index (χ4n) is 4.39. The number of rotatable bonds is 6. The molecule has 166 valence electrons. The van der Waals surface area contributed by atoms with Crippen LogP contribution in [-0.4, -0.2) is 53.7 Å². The molecule has 3 aliphatic rings. The lowest BCUT2D eigenvalue weighted by molar-refractivity contribution is 0.0694. The minimum Gasteiger partial charge on any atom is -0.477 e. The van der Waals surface area contributed by atoms with Crippen molar-refractivity contribution in [3.8, 4) is 0 Å². The van der Waals surface area contributed by atoms with Gasteiger partial charge in [-0.1, -0.05) is 0 Å². The van der Waals surface area contributed by atoms with Crippen molar-refractivity contribution in [2.45, 2.75) is 43.7 Å². The molecule has 0 radical (unpaired) electrons. The molecule has 1 aliphatic heterocycles. The number of benzene rings is 1. The van der Waals surface area contributed by atoms with Crippen molar-refractivity contribution in [1.29, 1.82) is 0 Å². The summed E-state index contributed by atoms with van der Waals surface area (Å²) in [7, 11) is 0. The Morgan fingerprint density at radius 2 is 1.90 bits per heavy atom. The summed E-state index contributed by atoms with van der Waals surface area (Å²) in [5.74, 6) is -4.18. The third kappa shape index (κ3) is 3.46. The number of carboxylic acids is 1. The van der Waals surface area contributed by atoms with Gasteiger partial charge in [-0.2, -0.15) is 0 Å². The van der Waals surface area contributed by atoms with Gasteiger partial charge in [0.2, 0.25) is 5.43 Å². The van der Waals surface area contributed by atoms with E-state index in [0.29, 0.717) is 12.6 Å². The molecule has 2 N–H and O–H groups in total. The van der Waals surface area contributed by atoms with Gasteiger partial charge in [-0.05, 0) is 18.9 Å². The SMILES string of the molecule is O=C(O)c1cn([C@@H]2C[C@@H]2F)c2c(F)c(N3C[C@H](CNC4CC4)[C@H](F)C3)c(F)cc2c1=O. The van der Waals surface area contributed by atoms with Crippen LogP contribution >= 0.6 is 0 Å². The predicted octanol–water partition coefficient (Wildman–Crippen LogP) is 2.79. The highest BCUT2D eigenvalue weighted by Crippen LogP contribution is 2.42. The first-order chi connectivity index (χ1) is 14.8. The quantitative estimate of drug-likeness (QED) is 0.678. The normalized spacial score (nSPS) is 27.8. The van der Waals surface area contributed by atoms with Crippen LogP contribution in [0.3, 0.4) is 0 Å². The van der Waals surface area contributed by atoms with Crippen molar-refractivity contribution in [2.75, 3.05) is 24.5 Å². The highest BCUT2D eigenvalue weighted by molar-refractivity contribution is 5.94. The number of carbonyl (C=O) groups is 1. The van der Waals surface area contributed by atoms with Crippen molar-refractivity contribution < 1.29 is 27.5 Å². The Bertz CT molecular complexity index is 1130. The monoisotopic (exact) mass is 439 g/mol. The zero-order valence-corrected chi connectivity index (χ0v) is 16.5. The molecule has 2 heterocycles. The second-order valence-corrected chi connectivity index (χ2v) is 8.68. The van der Waals surface area contributed by atoms with Gasteiger partial charge in [0.1, 0.15) is 29.4 Å². The molecule has 6 nitrogen and oxygen atoms in total. The fourth-order valence-corrected chi connectivity index (χ4v) is 4.39. The summed E-state index contributed by atoms with van der Waals surface area (Å²) in [5.41, 5.74) is -2.56. The van der Waals surface area contributed by atoms with Crippen molar-refractivity contribution in [3.05, 3.63) is 39.7 Å². The number of aromatic nitrogens is 1. The zero-order chi connectivity index (χ0) is 22.0. The summed E-state index contributed by atoms with van der Waals surface area (Å²) in [6.07, 6.45) is 0.416. The lowest BCUT2D eigenvalue weighted by Crippen LogP contribution is -2.30. The molecule has 2 saturated carbocycles. The molecule has 3 fully saturated rings. The van der Waals surface area contributed by atoms with Gasteiger partial charge in [0.25, 0.3) is 0 Å². The summed E-state index contributed by atoms with van der Waals surface area (Å²) >= 11 is 0. The van der Waals surface area contributed by atoms with Crippen LogP contribution in [0.2, 0.25) is 0 Å². The van der Waals surface area contributed by atoms with Crippen molar-refractivity contribution in [1.82, 2.24) is 9.88 Å². The van der Waals surface area contributed by atoms with Crippen molar-refractivity contribution in [2.24, 2.45) is 5.92 Å². The Balaban J connectivity index is 1.59. The molecule has 0 bridgehead atoms. The number of hydrogen-bond acceptors (Lipinski definition) is 4. The van der Waals surface area contributed by atoms with E-state index in [1.807, 2.05) is 0 Å². The van der Waals surface area contributed by atoms with E-state index < -0.39 is 64.0 Å². The molecule has 1 saturated heterocycles. The Morgan fingerprint density at radius 1 is 1.19 bits per heavy atom. The number of carboxylic acid groups (broad SMARTS) is 1. The zero-order valence-electron chi connectivity index (χ0n) is 16.5. The van der Waals surface area contributed by atoms with Gasteiger partial charge in [-0.25, -0.2) is 22.4 Å². The second-order valence-electron chi connectivity index (χ2n) is 8.68. The molecule has 0 amide bonds. The minimum absolute atomic E-state index is 0.0361. The lowest BCUT2D eigenvalue weighted by atomic mass is 10.1. The van der Waals surface area contributed by atoms with E-state index >= 15 is 4.39 Å². The number of fused-ring (bicyclic) bond motifs is 1. The Morgan fingerprint density at radius 3 is 2.52 bits per heavy atom. The van der Waals surface area contributed by atoms with E-state index in [9.17, 15) is 27.9 Å². The number of anilines is 1. The third-order valence-corrected chi connectivity index (χ3v) is 6.38. The molecule has 4 atom stereocenters. The molecule has 0 spiro atoms. The van der Waals surface area contributed by atoms with E-state index in [1.54, 1.807) is 0 Å². The topological polar surface area (TPSA) is 74.6 Å². The lowest BCUT2D eigenvalue weighted by Gasteiger charge is -2.22.